The van der Waals surface area contributed by atoms with Crippen LogP contribution in [0.25, 0.3) is 0 Å². The van der Waals surface area contributed by atoms with Gasteiger partial charge in [0.15, 0.2) is 0 Å². The van der Waals surface area contributed by atoms with Gasteiger partial charge in [-0.25, -0.2) is 8.42 Å². The summed E-state index contributed by atoms with van der Waals surface area (Å²) in [5.41, 5.74) is 4.24. The highest BCUT2D eigenvalue weighted by Gasteiger charge is 2.23. The van der Waals surface area contributed by atoms with E-state index in [1.54, 1.807) is 24.3 Å². The maximum Gasteiger partial charge on any atom is 0.241 e. The Morgan fingerprint density at radius 3 is 2.50 bits per heavy atom. The van der Waals surface area contributed by atoms with Crippen molar-refractivity contribution in [2.75, 3.05) is 17.1 Å². The number of benzene rings is 2. The standard InChI is InChI=1S/C21H25BrN2O3S/c1-15(17-12-11-16-7-3-4-8-18(16)13-17)23-21(25)14-24(28(2,26)27)20-10-6-5-9-19(20)22/h5-6,9-13,15H,3-4,7-8,14H2,1-2H3,(H,23,25). The van der Waals surface area contributed by atoms with E-state index in [2.05, 4.69) is 39.4 Å². The summed E-state index contributed by atoms with van der Waals surface area (Å²) in [5, 5.41) is 2.93. The lowest BCUT2D eigenvalue weighted by molar-refractivity contribution is -0.120. The number of hydrogen-bond acceptors (Lipinski definition) is 3. The van der Waals surface area contributed by atoms with Gasteiger partial charge in [0.25, 0.3) is 0 Å². The Morgan fingerprint density at radius 1 is 1.14 bits per heavy atom. The molecule has 0 bridgehead atoms. The van der Waals surface area contributed by atoms with E-state index >= 15 is 0 Å². The molecule has 1 aliphatic rings. The highest BCUT2D eigenvalue weighted by Crippen LogP contribution is 2.28. The zero-order chi connectivity index (χ0) is 20.3. The molecule has 0 saturated carbocycles. The topological polar surface area (TPSA) is 66.5 Å². The third-order valence-electron chi connectivity index (χ3n) is 5.06. The van der Waals surface area contributed by atoms with Gasteiger partial charge in [0, 0.05) is 4.47 Å². The lowest BCUT2D eigenvalue weighted by atomic mass is 9.89. The quantitative estimate of drug-likeness (QED) is 0.702. The number of hydrogen-bond donors (Lipinski definition) is 1. The predicted octanol–water partition coefficient (Wildman–Crippen LogP) is 3.97. The molecule has 7 heteroatoms. The van der Waals surface area contributed by atoms with Gasteiger partial charge in [-0.3, -0.25) is 9.10 Å². The molecule has 0 saturated heterocycles. The van der Waals surface area contributed by atoms with E-state index in [0.717, 1.165) is 29.0 Å². The van der Waals surface area contributed by atoms with Crippen molar-refractivity contribution in [1.29, 1.82) is 0 Å². The van der Waals surface area contributed by atoms with E-state index < -0.39 is 10.0 Å². The summed E-state index contributed by atoms with van der Waals surface area (Å²) >= 11 is 3.36. The van der Waals surface area contributed by atoms with Crippen molar-refractivity contribution < 1.29 is 13.2 Å². The summed E-state index contributed by atoms with van der Waals surface area (Å²) in [4.78, 5) is 12.6. The van der Waals surface area contributed by atoms with Crippen LogP contribution in [0, 0.1) is 0 Å². The molecule has 1 aliphatic carbocycles. The minimum absolute atomic E-state index is 0.194. The van der Waals surface area contributed by atoms with E-state index in [-0.39, 0.29) is 18.5 Å². The maximum absolute atomic E-state index is 12.6. The van der Waals surface area contributed by atoms with Gasteiger partial charge in [-0.1, -0.05) is 30.3 Å². The van der Waals surface area contributed by atoms with Gasteiger partial charge >= 0.3 is 0 Å². The highest BCUT2D eigenvalue weighted by atomic mass is 79.9. The number of fused-ring (bicyclic) bond motifs is 1. The molecule has 3 rings (SSSR count). The van der Waals surface area contributed by atoms with Crippen molar-refractivity contribution in [3.8, 4) is 0 Å². The molecule has 0 fully saturated rings. The molecule has 0 aliphatic heterocycles. The molecule has 2 aromatic carbocycles. The SMILES string of the molecule is CC(NC(=O)CN(c1ccccc1Br)S(C)(=O)=O)c1ccc2c(c1)CCCC2. The number of nitrogens with zero attached hydrogens (tertiary/aromatic N) is 1. The molecule has 0 spiro atoms. The fourth-order valence-electron chi connectivity index (χ4n) is 3.56. The average molecular weight is 465 g/mol. The van der Waals surface area contributed by atoms with E-state index in [9.17, 15) is 13.2 Å². The fourth-order valence-corrected chi connectivity index (χ4v) is 5.04. The molecule has 150 valence electrons. The summed E-state index contributed by atoms with van der Waals surface area (Å²) < 4.78 is 26.3. The second-order valence-electron chi connectivity index (χ2n) is 7.25. The minimum atomic E-state index is -3.61. The van der Waals surface area contributed by atoms with E-state index in [1.165, 1.54) is 24.0 Å². The molecule has 1 atom stereocenters. The van der Waals surface area contributed by atoms with Gasteiger partial charge in [0.05, 0.1) is 18.0 Å². The first-order valence-electron chi connectivity index (χ1n) is 9.39. The van der Waals surface area contributed by atoms with E-state index in [1.807, 2.05) is 6.92 Å². The van der Waals surface area contributed by atoms with Gasteiger partial charge in [0.1, 0.15) is 6.54 Å². The van der Waals surface area contributed by atoms with Crippen LogP contribution in [0.3, 0.4) is 0 Å². The Hall–Kier alpha value is -1.86. The van der Waals surface area contributed by atoms with Gasteiger partial charge in [-0.05, 0) is 77.4 Å². The van der Waals surface area contributed by atoms with Crippen LogP contribution in [0.2, 0.25) is 0 Å². The monoisotopic (exact) mass is 464 g/mol. The number of sulfonamides is 1. The van der Waals surface area contributed by atoms with Crippen molar-refractivity contribution in [3.63, 3.8) is 0 Å². The number of nitrogens with one attached hydrogen (secondary N) is 1. The Balaban J connectivity index is 1.73. The molecule has 28 heavy (non-hydrogen) atoms. The molecule has 0 aromatic heterocycles. The van der Waals surface area contributed by atoms with Crippen molar-refractivity contribution in [2.24, 2.45) is 0 Å². The number of rotatable bonds is 6. The number of anilines is 1. The molecule has 0 radical (unpaired) electrons. The van der Waals surface area contributed by atoms with Crippen molar-refractivity contribution in [2.45, 2.75) is 38.6 Å². The van der Waals surface area contributed by atoms with Gasteiger partial charge < -0.3 is 5.32 Å². The molecule has 1 unspecified atom stereocenters. The van der Waals surface area contributed by atoms with Crippen LogP contribution in [-0.2, 0) is 27.7 Å². The van der Waals surface area contributed by atoms with Gasteiger partial charge in [-0.15, -0.1) is 0 Å². The fraction of sp³-hybridized carbons (Fsp3) is 0.381. The average Bonchev–Trinajstić information content (AvgIpc) is 2.65. The third kappa shape index (κ3) is 4.94. The van der Waals surface area contributed by atoms with Crippen molar-refractivity contribution >= 4 is 37.5 Å². The summed E-state index contributed by atoms with van der Waals surface area (Å²) in [6.07, 6.45) is 5.73. The van der Waals surface area contributed by atoms with Crippen molar-refractivity contribution in [1.82, 2.24) is 5.32 Å². The number of halogens is 1. The summed E-state index contributed by atoms with van der Waals surface area (Å²) in [6, 6.07) is 13.1. The molecule has 0 heterocycles. The minimum Gasteiger partial charge on any atom is -0.348 e. The predicted molar refractivity (Wildman–Crippen MR) is 116 cm³/mol. The number of carbonyl (C=O) groups excluding carboxylic acids is 1. The first-order chi connectivity index (χ1) is 13.3. The summed E-state index contributed by atoms with van der Waals surface area (Å²) in [7, 11) is -3.61. The zero-order valence-electron chi connectivity index (χ0n) is 16.1. The van der Waals surface area contributed by atoms with E-state index in [0.29, 0.717) is 10.2 Å². The number of amides is 1. The van der Waals surface area contributed by atoms with Gasteiger partial charge in [0.2, 0.25) is 15.9 Å². The lowest BCUT2D eigenvalue weighted by Crippen LogP contribution is -2.41. The largest absolute Gasteiger partial charge is 0.348 e. The van der Waals surface area contributed by atoms with Crippen LogP contribution in [-0.4, -0.2) is 27.1 Å². The number of carbonyl (C=O) groups is 1. The first kappa shape index (κ1) is 20.9. The third-order valence-corrected chi connectivity index (χ3v) is 6.86. The first-order valence-corrected chi connectivity index (χ1v) is 12.0. The Labute approximate surface area is 175 Å². The lowest BCUT2D eigenvalue weighted by Gasteiger charge is -2.24. The summed E-state index contributed by atoms with van der Waals surface area (Å²) in [6.45, 7) is 1.66. The number of aryl methyl sites for hydroxylation is 2. The van der Waals surface area contributed by atoms with Crippen LogP contribution in [0.15, 0.2) is 46.9 Å². The Bertz CT molecular complexity index is 975. The summed E-state index contributed by atoms with van der Waals surface area (Å²) in [5.74, 6) is -0.341. The molecular weight excluding hydrogens is 440 g/mol. The second-order valence-corrected chi connectivity index (χ2v) is 10.0. The van der Waals surface area contributed by atoms with Crippen LogP contribution in [0.5, 0.6) is 0 Å². The smallest absolute Gasteiger partial charge is 0.241 e. The molecule has 5 nitrogen and oxygen atoms in total. The zero-order valence-corrected chi connectivity index (χ0v) is 18.5. The Kier molecular flexibility index (Phi) is 6.45. The number of para-hydroxylation sites is 1. The van der Waals surface area contributed by atoms with Crippen LogP contribution in [0.4, 0.5) is 5.69 Å². The molecule has 1 N–H and O–H groups in total. The maximum atomic E-state index is 12.6. The van der Waals surface area contributed by atoms with Gasteiger partial charge in [-0.2, -0.15) is 0 Å². The Morgan fingerprint density at radius 2 is 1.82 bits per heavy atom. The second kappa shape index (κ2) is 8.66. The normalized spacial score (nSPS) is 14.8. The van der Waals surface area contributed by atoms with E-state index in [4.69, 9.17) is 0 Å². The van der Waals surface area contributed by atoms with Crippen LogP contribution >= 0.6 is 15.9 Å². The highest BCUT2D eigenvalue weighted by molar-refractivity contribution is 9.10. The molecule has 1 amide bonds. The molecular formula is C21H25BrN2O3S. The van der Waals surface area contributed by atoms with Crippen LogP contribution < -0.4 is 9.62 Å². The van der Waals surface area contributed by atoms with Crippen molar-refractivity contribution in [3.05, 3.63) is 63.6 Å². The molecule has 2 aromatic rings. The van der Waals surface area contributed by atoms with Crippen LogP contribution in [0.1, 0.15) is 42.5 Å².